The van der Waals surface area contributed by atoms with Crippen LogP contribution in [0.3, 0.4) is 0 Å². The van der Waals surface area contributed by atoms with Crippen molar-refractivity contribution in [1.29, 1.82) is 0 Å². The number of alkyl halides is 2. The molecular weight excluding hydrogens is 328 g/mol. The average Bonchev–Trinajstić information content (AvgIpc) is 2.54. The molecule has 120 valence electrons. The Morgan fingerprint density at radius 1 is 1.17 bits per heavy atom. The number of nitrogens with zero attached hydrogens (tertiary/aromatic N) is 2. The molecule has 6 nitrogen and oxygen atoms in total. The maximum absolute atomic E-state index is 12.0. The summed E-state index contributed by atoms with van der Waals surface area (Å²) in [4.78, 5) is 31.4. The second kappa shape index (κ2) is 8.18. The molecule has 0 aliphatic heterocycles. The highest BCUT2D eigenvalue weighted by Gasteiger charge is 2.12. The molecule has 0 saturated heterocycles. The molecule has 1 N–H and O–H groups in total. The van der Waals surface area contributed by atoms with Gasteiger partial charge >= 0.3 is 6.61 Å². The van der Waals surface area contributed by atoms with Crippen LogP contribution in [0.15, 0.2) is 47.9 Å². The second-order valence-corrected chi connectivity index (χ2v) is 5.04. The van der Waals surface area contributed by atoms with Crippen LogP contribution < -0.4 is 10.1 Å². The van der Waals surface area contributed by atoms with Crippen LogP contribution in [0.1, 0.15) is 10.4 Å². The third kappa shape index (κ3) is 5.62. The minimum absolute atomic E-state index is 0.0255. The van der Waals surface area contributed by atoms with E-state index in [1.165, 1.54) is 24.3 Å². The van der Waals surface area contributed by atoms with Crippen LogP contribution in [0.4, 0.5) is 8.78 Å². The molecule has 0 atom stereocenters. The molecule has 2 aromatic rings. The van der Waals surface area contributed by atoms with Crippen LogP contribution in [0.2, 0.25) is 0 Å². The van der Waals surface area contributed by atoms with E-state index in [0.717, 1.165) is 11.8 Å². The fraction of sp³-hybridized carbons (Fsp3) is 0.143. The standard InChI is InChI=1S/C14H11F2N3O3S/c15-13(16)22-10-4-2-9(3-5-10)12(21)19-11(20)8-23-14-17-6-1-7-18-14/h1-7,13H,8H2,(H,19,20,21). The maximum atomic E-state index is 12.0. The van der Waals surface area contributed by atoms with Crippen molar-refractivity contribution in [3.63, 3.8) is 0 Å². The number of ether oxygens (including phenoxy) is 1. The lowest BCUT2D eigenvalue weighted by molar-refractivity contribution is -0.117. The lowest BCUT2D eigenvalue weighted by atomic mass is 10.2. The molecule has 0 aliphatic rings. The number of thioether (sulfide) groups is 1. The highest BCUT2D eigenvalue weighted by molar-refractivity contribution is 7.99. The van der Waals surface area contributed by atoms with Gasteiger partial charge in [0.25, 0.3) is 5.91 Å². The zero-order valence-corrected chi connectivity index (χ0v) is 12.4. The molecule has 1 aromatic heterocycles. The number of amides is 2. The van der Waals surface area contributed by atoms with E-state index < -0.39 is 18.4 Å². The Labute approximate surface area is 134 Å². The Morgan fingerprint density at radius 2 is 1.83 bits per heavy atom. The summed E-state index contributed by atoms with van der Waals surface area (Å²) < 4.78 is 28.2. The van der Waals surface area contributed by atoms with Crippen molar-refractivity contribution in [3.05, 3.63) is 48.3 Å². The number of hydrogen-bond donors (Lipinski definition) is 1. The van der Waals surface area contributed by atoms with E-state index in [1.807, 2.05) is 0 Å². The van der Waals surface area contributed by atoms with Crippen LogP contribution >= 0.6 is 11.8 Å². The van der Waals surface area contributed by atoms with Crippen molar-refractivity contribution in [2.24, 2.45) is 0 Å². The van der Waals surface area contributed by atoms with Crippen molar-refractivity contribution in [1.82, 2.24) is 15.3 Å². The van der Waals surface area contributed by atoms with Crippen molar-refractivity contribution in [3.8, 4) is 5.75 Å². The van der Waals surface area contributed by atoms with E-state index in [1.54, 1.807) is 18.5 Å². The zero-order chi connectivity index (χ0) is 16.7. The molecule has 0 saturated carbocycles. The summed E-state index contributed by atoms with van der Waals surface area (Å²) in [6, 6.07) is 6.66. The first-order valence-corrected chi connectivity index (χ1v) is 7.32. The van der Waals surface area contributed by atoms with Crippen LogP contribution in [-0.2, 0) is 4.79 Å². The van der Waals surface area contributed by atoms with Gasteiger partial charge in [-0.3, -0.25) is 14.9 Å². The molecular formula is C14H11F2N3O3S. The number of nitrogens with one attached hydrogen (secondary N) is 1. The zero-order valence-electron chi connectivity index (χ0n) is 11.6. The number of carbonyl (C=O) groups excluding carboxylic acids is 2. The van der Waals surface area contributed by atoms with Crippen molar-refractivity contribution >= 4 is 23.6 Å². The summed E-state index contributed by atoms with van der Waals surface area (Å²) in [5, 5.41) is 2.60. The first kappa shape index (κ1) is 16.8. The van der Waals surface area contributed by atoms with E-state index in [2.05, 4.69) is 20.0 Å². The molecule has 0 spiro atoms. The fourth-order valence-corrected chi connectivity index (χ4v) is 2.12. The molecule has 0 unspecified atom stereocenters. The number of imide groups is 1. The Kier molecular flexibility index (Phi) is 5.98. The van der Waals surface area contributed by atoms with Gasteiger partial charge in [-0.15, -0.1) is 0 Å². The van der Waals surface area contributed by atoms with Crippen molar-refractivity contribution in [2.45, 2.75) is 11.8 Å². The van der Waals surface area contributed by atoms with Crippen LogP contribution in [0, 0.1) is 0 Å². The Bertz CT molecular complexity index is 669. The second-order valence-electron chi connectivity index (χ2n) is 4.10. The molecule has 0 aliphatic carbocycles. The molecule has 2 amide bonds. The largest absolute Gasteiger partial charge is 0.435 e. The molecule has 0 radical (unpaired) electrons. The number of halogens is 2. The lowest BCUT2D eigenvalue weighted by Crippen LogP contribution is -2.31. The molecule has 1 heterocycles. The predicted octanol–water partition coefficient (Wildman–Crippen LogP) is 2.13. The maximum Gasteiger partial charge on any atom is 0.387 e. The Balaban J connectivity index is 1.84. The summed E-state index contributed by atoms with van der Waals surface area (Å²) in [6.07, 6.45) is 3.09. The van der Waals surface area contributed by atoms with Gasteiger partial charge in [0.05, 0.1) is 5.75 Å². The van der Waals surface area contributed by atoms with Gasteiger partial charge in [-0.05, 0) is 30.3 Å². The van der Waals surface area contributed by atoms with Gasteiger partial charge in [0.2, 0.25) is 5.91 Å². The molecule has 0 bridgehead atoms. The summed E-state index contributed by atoms with van der Waals surface area (Å²) >= 11 is 1.09. The van der Waals surface area contributed by atoms with E-state index >= 15 is 0 Å². The number of hydrogen-bond acceptors (Lipinski definition) is 6. The number of benzene rings is 1. The minimum Gasteiger partial charge on any atom is -0.435 e. The SMILES string of the molecule is O=C(CSc1ncccn1)NC(=O)c1ccc(OC(F)F)cc1. The van der Waals surface area contributed by atoms with Gasteiger partial charge in [-0.2, -0.15) is 8.78 Å². The van der Waals surface area contributed by atoms with Gasteiger partial charge in [-0.25, -0.2) is 9.97 Å². The van der Waals surface area contributed by atoms with Gasteiger partial charge in [0.1, 0.15) is 5.75 Å². The topological polar surface area (TPSA) is 81.2 Å². The first-order valence-electron chi connectivity index (χ1n) is 6.33. The predicted molar refractivity (Wildman–Crippen MR) is 78.3 cm³/mol. The van der Waals surface area contributed by atoms with Gasteiger partial charge in [-0.1, -0.05) is 11.8 Å². The van der Waals surface area contributed by atoms with Gasteiger partial charge in [0, 0.05) is 18.0 Å². The van der Waals surface area contributed by atoms with Crippen molar-refractivity contribution < 1.29 is 23.1 Å². The summed E-state index contributed by atoms with van der Waals surface area (Å²) in [5.74, 6) is -1.24. The van der Waals surface area contributed by atoms with Gasteiger partial charge in [0.15, 0.2) is 5.16 Å². The first-order chi connectivity index (χ1) is 11.0. The molecule has 0 fully saturated rings. The Hall–Kier alpha value is -2.55. The summed E-state index contributed by atoms with van der Waals surface area (Å²) in [5.41, 5.74) is 0.154. The van der Waals surface area contributed by atoms with Crippen LogP contribution in [-0.4, -0.2) is 34.1 Å². The smallest absolute Gasteiger partial charge is 0.387 e. The number of rotatable bonds is 6. The van der Waals surface area contributed by atoms with E-state index in [4.69, 9.17) is 0 Å². The molecule has 2 rings (SSSR count). The average molecular weight is 339 g/mol. The monoisotopic (exact) mass is 339 g/mol. The highest BCUT2D eigenvalue weighted by atomic mass is 32.2. The number of aromatic nitrogens is 2. The quantitative estimate of drug-likeness (QED) is 0.641. The lowest BCUT2D eigenvalue weighted by Gasteiger charge is -2.06. The summed E-state index contributed by atoms with van der Waals surface area (Å²) in [6.45, 7) is -2.94. The van der Waals surface area contributed by atoms with Crippen molar-refractivity contribution in [2.75, 3.05) is 5.75 Å². The number of carbonyl (C=O) groups is 2. The van der Waals surface area contributed by atoms with E-state index in [9.17, 15) is 18.4 Å². The Morgan fingerprint density at radius 3 is 2.43 bits per heavy atom. The van der Waals surface area contributed by atoms with E-state index in [-0.39, 0.29) is 17.1 Å². The third-order valence-corrected chi connectivity index (χ3v) is 3.34. The fourth-order valence-electron chi connectivity index (χ4n) is 1.51. The van der Waals surface area contributed by atoms with Crippen LogP contribution in [0.5, 0.6) is 5.75 Å². The summed E-state index contributed by atoms with van der Waals surface area (Å²) in [7, 11) is 0. The normalized spacial score (nSPS) is 10.4. The molecule has 9 heteroatoms. The highest BCUT2D eigenvalue weighted by Crippen LogP contribution is 2.15. The molecule has 1 aromatic carbocycles. The molecule has 23 heavy (non-hydrogen) atoms. The van der Waals surface area contributed by atoms with Gasteiger partial charge < -0.3 is 4.74 Å². The van der Waals surface area contributed by atoms with E-state index in [0.29, 0.717) is 5.16 Å². The minimum atomic E-state index is -2.94. The van der Waals surface area contributed by atoms with Crippen LogP contribution in [0.25, 0.3) is 0 Å². The third-order valence-electron chi connectivity index (χ3n) is 2.47.